The van der Waals surface area contributed by atoms with Gasteiger partial charge in [-0.3, -0.25) is 9.78 Å². The quantitative estimate of drug-likeness (QED) is 0.535. The van der Waals surface area contributed by atoms with Crippen LogP contribution in [0, 0.1) is 0 Å². The number of sulfonamides is 1. The van der Waals surface area contributed by atoms with Gasteiger partial charge >= 0.3 is 0 Å². The Kier molecular flexibility index (Phi) is 7.35. The summed E-state index contributed by atoms with van der Waals surface area (Å²) in [5, 5.41) is 4.36. The minimum Gasteiger partial charge on any atom is -0.272 e. The van der Waals surface area contributed by atoms with E-state index in [0.717, 1.165) is 37.7 Å². The molecule has 1 amide bonds. The summed E-state index contributed by atoms with van der Waals surface area (Å²) in [4.78, 5) is 16.5. The number of halogens is 1. The largest absolute Gasteiger partial charge is 0.272 e. The monoisotopic (exact) mass is 434 g/mol. The van der Waals surface area contributed by atoms with Crippen molar-refractivity contribution in [2.75, 3.05) is 6.54 Å². The Balaban J connectivity index is 1.75. The Morgan fingerprint density at radius 1 is 1.21 bits per heavy atom. The summed E-state index contributed by atoms with van der Waals surface area (Å²) in [5.74, 6) is -0.492. The highest BCUT2D eigenvalue weighted by atomic mass is 35.5. The minimum atomic E-state index is -3.84. The fourth-order valence-electron chi connectivity index (χ4n) is 3.33. The molecule has 1 aromatic heterocycles. The van der Waals surface area contributed by atoms with Gasteiger partial charge in [0.05, 0.1) is 17.7 Å². The van der Waals surface area contributed by atoms with Crippen LogP contribution in [0.5, 0.6) is 0 Å². The summed E-state index contributed by atoms with van der Waals surface area (Å²) >= 11 is 5.89. The van der Waals surface area contributed by atoms with Crippen LogP contribution in [0.25, 0.3) is 0 Å². The van der Waals surface area contributed by atoms with Gasteiger partial charge in [-0.05, 0) is 43.2 Å². The van der Waals surface area contributed by atoms with Crippen LogP contribution in [0.15, 0.2) is 58.8 Å². The first kappa shape index (κ1) is 21.4. The van der Waals surface area contributed by atoms with Crippen molar-refractivity contribution in [1.29, 1.82) is 0 Å². The standard InChI is InChI=1S/C20H23ClN4O3S/c21-17-8-10-19(11-9-17)29(27,28)25(18-6-2-1-3-7-18)15-20(26)24-23-14-16-5-4-12-22-13-16/h4-5,8-14,18H,1-3,6-7,15H2,(H,24,26). The third-order valence-electron chi connectivity index (χ3n) is 4.79. The molecule has 0 spiro atoms. The van der Waals surface area contributed by atoms with Crippen molar-refractivity contribution in [3.8, 4) is 0 Å². The Morgan fingerprint density at radius 2 is 1.93 bits per heavy atom. The molecule has 1 fully saturated rings. The van der Waals surface area contributed by atoms with E-state index < -0.39 is 15.9 Å². The number of benzene rings is 1. The number of carbonyl (C=O) groups excluding carboxylic acids is 1. The normalized spacial score (nSPS) is 15.7. The number of hydrogen-bond donors (Lipinski definition) is 1. The maximum Gasteiger partial charge on any atom is 0.255 e. The lowest BCUT2D eigenvalue weighted by atomic mass is 9.95. The molecule has 1 aliphatic rings. The molecule has 0 unspecified atom stereocenters. The Bertz CT molecular complexity index is 943. The summed E-state index contributed by atoms with van der Waals surface area (Å²) in [6, 6.07) is 9.34. The van der Waals surface area contributed by atoms with E-state index in [1.165, 1.54) is 34.8 Å². The number of nitrogens with zero attached hydrogens (tertiary/aromatic N) is 3. The zero-order valence-electron chi connectivity index (χ0n) is 15.9. The lowest BCUT2D eigenvalue weighted by Gasteiger charge is -2.32. The van der Waals surface area contributed by atoms with Gasteiger partial charge in [-0.2, -0.15) is 9.41 Å². The van der Waals surface area contributed by atoms with Gasteiger partial charge in [0.1, 0.15) is 0 Å². The van der Waals surface area contributed by atoms with Crippen LogP contribution in [-0.2, 0) is 14.8 Å². The molecule has 154 valence electrons. The number of hydrazone groups is 1. The zero-order chi connectivity index (χ0) is 20.7. The summed E-state index contributed by atoms with van der Waals surface area (Å²) in [6.07, 6.45) is 9.14. The van der Waals surface area contributed by atoms with Gasteiger partial charge in [0, 0.05) is 29.0 Å². The van der Waals surface area contributed by atoms with E-state index in [4.69, 9.17) is 11.6 Å². The first-order chi connectivity index (χ1) is 14.0. The molecule has 29 heavy (non-hydrogen) atoms. The van der Waals surface area contributed by atoms with Crippen molar-refractivity contribution in [2.24, 2.45) is 5.10 Å². The van der Waals surface area contributed by atoms with E-state index in [1.54, 1.807) is 24.5 Å². The molecule has 0 saturated heterocycles. The smallest absolute Gasteiger partial charge is 0.255 e. The lowest BCUT2D eigenvalue weighted by Crippen LogP contribution is -2.46. The van der Waals surface area contributed by atoms with E-state index in [9.17, 15) is 13.2 Å². The van der Waals surface area contributed by atoms with Gasteiger partial charge in [-0.1, -0.05) is 36.9 Å². The Hall–Kier alpha value is -2.29. The molecule has 2 aromatic rings. The fourth-order valence-corrected chi connectivity index (χ4v) is 5.10. The molecule has 1 heterocycles. The molecular weight excluding hydrogens is 412 g/mol. The third-order valence-corrected chi connectivity index (χ3v) is 6.95. The van der Waals surface area contributed by atoms with Crippen LogP contribution in [0.2, 0.25) is 5.02 Å². The van der Waals surface area contributed by atoms with Crippen LogP contribution in [-0.4, -0.2) is 42.4 Å². The van der Waals surface area contributed by atoms with E-state index in [-0.39, 0.29) is 17.5 Å². The van der Waals surface area contributed by atoms with Crippen LogP contribution in [0.1, 0.15) is 37.7 Å². The maximum absolute atomic E-state index is 13.2. The molecule has 0 bridgehead atoms. The Morgan fingerprint density at radius 3 is 2.59 bits per heavy atom. The lowest BCUT2D eigenvalue weighted by molar-refractivity contribution is -0.121. The average molecular weight is 435 g/mol. The maximum atomic E-state index is 13.2. The fraction of sp³-hybridized carbons (Fsp3) is 0.350. The van der Waals surface area contributed by atoms with Crippen molar-refractivity contribution < 1.29 is 13.2 Å². The molecule has 0 atom stereocenters. The summed E-state index contributed by atoms with van der Waals surface area (Å²) in [5.41, 5.74) is 3.14. The predicted octanol–water partition coefficient (Wildman–Crippen LogP) is 3.21. The minimum absolute atomic E-state index is 0.124. The molecule has 9 heteroatoms. The third kappa shape index (κ3) is 5.85. The number of carbonyl (C=O) groups is 1. The topological polar surface area (TPSA) is 91.7 Å². The number of amides is 1. The second-order valence-electron chi connectivity index (χ2n) is 6.88. The summed E-state index contributed by atoms with van der Waals surface area (Å²) in [6.45, 7) is -0.292. The second-order valence-corrected chi connectivity index (χ2v) is 9.20. The molecule has 1 aromatic carbocycles. The van der Waals surface area contributed by atoms with Gasteiger partial charge in [0.2, 0.25) is 10.0 Å². The molecule has 0 aliphatic heterocycles. The van der Waals surface area contributed by atoms with Crippen molar-refractivity contribution in [2.45, 2.75) is 43.0 Å². The molecule has 0 radical (unpaired) electrons. The van der Waals surface area contributed by atoms with E-state index in [0.29, 0.717) is 5.02 Å². The number of rotatable bonds is 7. The van der Waals surface area contributed by atoms with Crippen molar-refractivity contribution >= 4 is 33.7 Å². The van der Waals surface area contributed by atoms with E-state index >= 15 is 0 Å². The van der Waals surface area contributed by atoms with Crippen molar-refractivity contribution in [3.05, 3.63) is 59.4 Å². The SMILES string of the molecule is O=C(CN(C1CCCCC1)S(=O)(=O)c1ccc(Cl)cc1)NN=Cc1cccnc1. The summed E-state index contributed by atoms with van der Waals surface area (Å²) < 4.78 is 27.8. The Labute approximate surface area is 175 Å². The molecule has 7 nitrogen and oxygen atoms in total. The van der Waals surface area contributed by atoms with Crippen molar-refractivity contribution in [3.63, 3.8) is 0 Å². The van der Waals surface area contributed by atoms with Gasteiger partial charge in [0.25, 0.3) is 5.91 Å². The van der Waals surface area contributed by atoms with Crippen LogP contribution in [0.4, 0.5) is 0 Å². The van der Waals surface area contributed by atoms with Gasteiger partial charge in [-0.15, -0.1) is 0 Å². The molecule has 1 saturated carbocycles. The van der Waals surface area contributed by atoms with Crippen LogP contribution >= 0.6 is 11.6 Å². The molecular formula is C20H23ClN4O3S. The first-order valence-corrected chi connectivity index (χ1v) is 11.3. The van der Waals surface area contributed by atoms with Crippen LogP contribution < -0.4 is 5.43 Å². The second kappa shape index (κ2) is 9.96. The van der Waals surface area contributed by atoms with Gasteiger partial charge in [0.15, 0.2) is 0 Å². The number of nitrogens with one attached hydrogen (secondary N) is 1. The molecule has 3 rings (SSSR count). The van der Waals surface area contributed by atoms with Crippen molar-refractivity contribution in [1.82, 2.24) is 14.7 Å². The first-order valence-electron chi connectivity index (χ1n) is 9.46. The predicted molar refractivity (Wildman–Crippen MR) is 112 cm³/mol. The average Bonchev–Trinajstić information content (AvgIpc) is 2.73. The van der Waals surface area contributed by atoms with Crippen LogP contribution in [0.3, 0.4) is 0 Å². The van der Waals surface area contributed by atoms with Gasteiger partial charge < -0.3 is 0 Å². The number of aromatic nitrogens is 1. The number of hydrogen-bond acceptors (Lipinski definition) is 5. The highest BCUT2D eigenvalue weighted by Gasteiger charge is 2.33. The highest BCUT2D eigenvalue weighted by molar-refractivity contribution is 7.89. The number of pyridine rings is 1. The molecule has 1 aliphatic carbocycles. The van der Waals surface area contributed by atoms with Gasteiger partial charge in [-0.25, -0.2) is 13.8 Å². The highest BCUT2D eigenvalue weighted by Crippen LogP contribution is 2.28. The van der Waals surface area contributed by atoms with E-state index in [1.807, 2.05) is 0 Å². The van der Waals surface area contributed by atoms with E-state index in [2.05, 4.69) is 15.5 Å². The molecule has 1 N–H and O–H groups in total. The zero-order valence-corrected chi connectivity index (χ0v) is 17.4. The summed E-state index contributed by atoms with van der Waals surface area (Å²) in [7, 11) is -3.84.